The SMILES string of the molecule is [C-]#[N+]C1=C(C)N(c2cccc(C(F)(F)F)c2)C(=O)N(C(=O)NC2CC2)[C@@H]1c1ccc(C#N)cc1S(C)(=O)=O. The summed E-state index contributed by atoms with van der Waals surface area (Å²) in [5.74, 6) is 0. The Morgan fingerprint density at radius 1 is 1.21 bits per heavy atom. The van der Waals surface area contributed by atoms with Crippen LogP contribution in [0.1, 0.15) is 42.5 Å². The molecule has 4 rings (SSSR count). The van der Waals surface area contributed by atoms with Crippen LogP contribution < -0.4 is 10.2 Å². The Morgan fingerprint density at radius 2 is 1.89 bits per heavy atom. The van der Waals surface area contributed by atoms with Gasteiger partial charge in [-0.1, -0.05) is 12.1 Å². The smallest absolute Gasteiger partial charge is 0.335 e. The summed E-state index contributed by atoms with van der Waals surface area (Å²) in [4.78, 5) is 31.8. The third kappa shape index (κ3) is 4.93. The molecule has 1 saturated carbocycles. The number of amides is 4. The zero-order valence-electron chi connectivity index (χ0n) is 20.1. The minimum absolute atomic E-state index is 0.000879. The number of benzene rings is 2. The molecule has 0 unspecified atom stereocenters. The molecular weight excluding hydrogens is 523 g/mol. The van der Waals surface area contributed by atoms with Gasteiger partial charge in [0.05, 0.1) is 28.7 Å². The van der Waals surface area contributed by atoms with Crippen LogP contribution in [-0.4, -0.2) is 37.7 Å². The Bertz CT molecular complexity index is 1570. The molecule has 9 nitrogen and oxygen atoms in total. The summed E-state index contributed by atoms with van der Waals surface area (Å²) < 4.78 is 65.6. The maximum absolute atomic E-state index is 13.8. The third-order valence-electron chi connectivity index (χ3n) is 6.13. The average Bonchev–Trinajstić information content (AvgIpc) is 3.66. The van der Waals surface area contributed by atoms with E-state index in [0.717, 1.165) is 35.4 Å². The maximum atomic E-state index is 13.8. The molecule has 1 N–H and O–H groups in total. The molecular formula is C25H20F3N5O4S. The van der Waals surface area contributed by atoms with Gasteiger partial charge in [0.1, 0.15) is 6.04 Å². The van der Waals surface area contributed by atoms with Crippen LogP contribution in [0.15, 0.2) is 58.8 Å². The van der Waals surface area contributed by atoms with Crippen LogP contribution in [0.5, 0.6) is 0 Å². The van der Waals surface area contributed by atoms with Crippen LogP contribution in [-0.2, 0) is 16.0 Å². The second-order valence-electron chi connectivity index (χ2n) is 8.88. The lowest BCUT2D eigenvalue weighted by Crippen LogP contribution is -2.55. The van der Waals surface area contributed by atoms with Crippen molar-refractivity contribution in [1.82, 2.24) is 10.2 Å². The number of rotatable bonds is 4. The topological polar surface area (TPSA) is 115 Å². The Hall–Kier alpha value is -4.36. The molecule has 1 aliphatic heterocycles. The second kappa shape index (κ2) is 9.50. The molecule has 13 heteroatoms. The molecule has 0 spiro atoms. The monoisotopic (exact) mass is 543 g/mol. The van der Waals surface area contributed by atoms with Crippen molar-refractivity contribution in [2.75, 3.05) is 11.2 Å². The summed E-state index contributed by atoms with van der Waals surface area (Å²) in [6, 6.07) is 5.58. The number of urea groups is 2. The molecule has 0 aromatic heterocycles. The summed E-state index contributed by atoms with van der Waals surface area (Å²) in [7, 11) is -4.01. The van der Waals surface area contributed by atoms with E-state index in [4.69, 9.17) is 6.57 Å². The predicted octanol–water partition coefficient (Wildman–Crippen LogP) is 4.99. The van der Waals surface area contributed by atoms with Gasteiger partial charge in [-0.25, -0.2) is 27.8 Å². The number of halogens is 3. The normalized spacial score (nSPS) is 18.2. The Labute approximate surface area is 216 Å². The van der Waals surface area contributed by atoms with Crippen molar-refractivity contribution in [1.29, 1.82) is 5.26 Å². The van der Waals surface area contributed by atoms with E-state index in [2.05, 4.69) is 10.2 Å². The summed E-state index contributed by atoms with van der Waals surface area (Å²) in [5, 5.41) is 11.9. The van der Waals surface area contributed by atoms with E-state index in [1.165, 1.54) is 25.1 Å². The number of carbonyl (C=O) groups excluding carboxylic acids is 2. The number of anilines is 1. The predicted molar refractivity (Wildman–Crippen MR) is 129 cm³/mol. The lowest BCUT2D eigenvalue weighted by Gasteiger charge is -2.41. The van der Waals surface area contributed by atoms with Crippen molar-refractivity contribution in [2.45, 2.75) is 42.9 Å². The average molecular weight is 544 g/mol. The quantitative estimate of drug-likeness (QED) is 0.546. The minimum Gasteiger partial charge on any atom is -0.335 e. The number of sulfone groups is 1. The molecule has 38 heavy (non-hydrogen) atoms. The van der Waals surface area contributed by atoms with Crippen molar-refractivity contribution in [2.24, 2.45) is 0 Å². The van der Waals surface area contributed by atoms with Crippen molar-refractivity contribution in [3.8, 4) is 6.07 Å². The third-order valence-corrected chi connectivity index (χ3v) is 7.29. The maximum Gasteiger partial charge on any atom is 0.416 e. The molecule has 1 fully saturated rings. The largest absolute Gasteiger partial charge is 0.416 e. The van der Waals surface area contributed by atoms with Crippen molar-refractivity contribution in [3.05, 3.63) is 82.0 Å². The number of nitrogens with zero attached hydrogens (tertiary/aromatic N) is 4. The molecule has 0 radical (unpaired) electrons. The Balaban J connectivity index is 1.98. The van der Waals surface area contributed by atoms with E-state index < -0.39 is 39.7 Å². The number of hydrogen-bond acceptors (Lipinski definition) is 5. The highest BCUT2D eigenvalue weighted by Crippen LogP contribution is 2.43. The van der Waals surface area contributed by atoms with Gasteiger partial charge >= 0.3 is 18.2 Å². The van der Waals surface area contributed by atoms with Crippen LogP contribution >= 0.6 is 0 Å². The number of nitrogens with one attached hydrogen (secondary N) is 1. The van der Waals surface area contributed by atoms with E-state index in [1.807, 2.05) is 6.07 Å². The molecule has 0 bridgehead atoms. The first-order chi connectivity index (χ1) is 17.8. The van der Waals surface area contributed by atoms with Gasteiger partial charge in [0.25, 0.3) is 0 Å². The minimum atomic E-state index is -4.71. The van der Waals surface area contributed by atoms with Gasteiger partial charge in [-0.3, -0.25) is 4.90 Å². The van der Waals surface area contributed by atoms with E-state index in [0.29, 0.717) is 17.7 Å². The number of hydrogen-bond donors (Lipinski definition) is 1. The molecule has 1 aliphatic carbocycles. The van der Waals surface area contributed by atoms with Crippen molar-refractivity contribution < 1.29 is 31.2 Å². The highest BCUT2D eigenvalue weighted by Gasteiger charge is 2.46. The first-order valence-corrected chi connectivity index (χ1v) is 13.1. The number of nitriles is 1. The molecule has 1 heterocycles. The summed E-state index contributed by atoms with van der Waals surface area (Å²) in [5.41, 5.74) is -1.69. The first kappa shape index (κ1) is 26.7. The van der Waals surface area contributed by atoms with E-state index in [-0.39, 0.29) is 39.1 Å². The van der Waals surface area contributed by atoms with Gasteiger partial charge in [-0.15, -0.1) is 0 Å². The van der Waals surface area contributed by atoms with Gasteiger partial charge in [-0.05, 0) is 55.7 Å². The standard InChI is InChI=1S/C25H20F3N5O4S/c1-14-21(30-2)22(19-10-7-15(13-29)11-20(19)38(3,36)37)33(23(34)31-17-8-9-17)24(35)32(14)18-6-4-5-16(12-18)25(26,27)28/h4-7,10-12,17,22H,8-9H2,1,3H3,(H,31,34)/t22-/m1/s1. The molecule has 4 amide bonds. The van der Waals surface area contributed by atoms with Crippen molar-refractivity contribution in [3.63, 3.8) is 0 Å². The first-order valence-electron chi connectivity index (χ1n) is 11.2. The summed E-state index contributed by atoms with van der Waals surface area (Å²) in [6.07, 6.45) is -2.54. The van der Waals surface area contributed by atoms with E-state index in [1.54, 1.807) is 0 Å². The van der Waals surface area contributed by atoms with Crippen molar-refractivity contribution >= 4 is 27.6 Å². The van der Waals surface area contributed by atoms with Crippen LogP contribution in [0.25, 0.3) is 4.85 Å². The second-order valence-corrected chi connectivity index (χ2v) is 10.9. The van der Waals surface area contributed by atoms with Gasteiger partial charge in [-0.2, -0.15) is 18.4 Å². The number of imide groups is 1. The fraction of sp³-hybridized carbons (Fsp3) is 0.280. The number of allylic oxidation sites excluding steroid dienone is 1. The molecule has 2 aromatic rings. The fourth-order valence-electron chi connectivity index (χ4n) is 4.18. The van der Waals surface area contributed by atoms with Gasteiger partial charge in [0, 0.05) is 23.7 Å². The molecule has 196 valence electrons. The lowest BCUT2D eigenvalue weighted by atomic mass is 9.97. The van der Waals surface area contributed by atoms with Crippen LogP contribution in [0.2, 0.25) is 0 Å². The van der Waals surface area contributed by atoms with Crippen LogP contribution in [0.4, 0.5) is 28.4 Å². The molecule has 2 aromatic carbocycles. The molecule has 0 saturated heterocycles. The zero-order chi connectivity index (χ0) is 28.0. The van der Waals surface area contributed by atoms with Crippen LogP contribution in [0, 0.1) is 17.9 Å². The number of carbonyl (C=O) groups is 2. The highest BCUT2D eigenvalue weighted by atomic mass is 32.2. The lowest BCUT2D eigenvalue weighted by molar-refractivity contribution is -0.137. The summed E-state index contributed by atoms with van der Waals surface area (Å²) in [6.45, 7) is 9.18. The zero-order valence-corrected chi connectivity index (χ0v) is 20.9. The highest BCUT2D eigenvalue weighted by molar-refractivity contribution is 7.90. The molecule has 1 atom stereocenters. The van der Waals surface area contributed by atoms with E-state index in [9.17, 15) is 36.4 Å². The van der Waals surface area contributed by atoms with Gasteiger partial charge in [0.2, 0.25) is 5.70 Å². The number of alkyl halides is 3. The molecule has 2 aliphatic rings. The summed E-state index contributed by atoms with van der Waals surface area (Å²) >= 11 is 0. The van der Waals surface area contributed by atoms with Gasteiger partial charge < -0.3 is 5.32 Å². The Kier molecular flexibility index (Phi) is 6.68. The van der Waals surface area contributed by atoms with Crippen LogP contribution in [0.3, 0.4) is 0 Å². The Morgan fingerprint density at radius 3 is 2.45 bits per heavy atom. The van der Waals surface area contributed by atoms with E-state index >= 15 is 0 Å². The fourth-order valence-corrected chi connectivity index (χ4v) is 5.13. The van der Waals surface area contributed by atoms with Gasteiger partial charge in [0.15, 0.2) is 9.84 Å².